The molecule has 0 N–H and O–H groups in total. The highest BCUT2D eigenvalue weighted by Crippen LogP contribution is 2.37. The van der Waals surface area contributed by atoms with E-state index in [1.165, 1.54) is 22.3 Å². The molecule has 0 saturated heterocycles. The average molecular weight is 326 g/mol. The summed E-state index contributed by atoms with van der Waals surface area (Å²) in [7, 11) is 0. The van der Waals surface area contributed by atoms with E-state index < -0.39 is 0 Å². The first-order chi connectivity index (χ1) is 12.2. The first-order valence-electron chi connectivity index (χ1n) is 8.76. The molecule has 1 aliphatic rings. The lowest BCUT2D eigenvalue weighted by atomic mass is 9.98. The van der Waals surface area contributed by atoms with Crippen molar-refractivity contribution < 1.29 is 0 Å². The van der Waals surface area contributed by atoms with E-state index in [9.17, 15) is 0 Å². The van der Waals surface area contributed by atoms with Gasteiger partial charge in [0.2, 0.25) is 0 Å². The Morgan fingerprint density at radius 2 is 1.40 bits per heavy atom. The molecule has 0 aliphatic carbocycles. The van der Waals surface area contributed by atoms with Crippen molar-refractivity contribution in [3.63, 3.8) is 0 Å². The van der Waals surface area contributed by atoms with Crippen molar-refractivity contribution in [1.29, 1.82) is 0 Å². The highest BCUT2D eigenvalue weighted by atomic mass is 15.5. The Morgan fingerprint density at radius 1 is 0.800 bits per heavy atom. The molecule has 0 aromatic heterocycles. The second-order valence-electron chi connectivity index (χ2n) is 6.73. The Balaban J connectivity index is 1.79. The number of hydrogen-bond donors (Lipinski definition) is 0. The highest BCUT2D eigenvalue weighted by Gasteiger charge is 2.29. The van der Waals surface area contributed by atoms with E-state index in [0.29, 0.717) is 0 Å². The van der Waals surface area contributed by atoms with E-state index in [0.717, 1.165) is 17.8 Å². The highest BCUT2D eigenvalue weighted by molar-refractivity contribution is 6.03. The third-order valence-corrected chi connectivity index (χ3v) is 4.67. The van der Waals surface area contributed by atoms with Gasteiger partial charge >= 0.3 is 0 Å². The van der Waals surface area contributed by atoms with Crippen LogP contribution in [-0.2, 0) is 0 Å². The number of rotatable bonds is 3. The molecule has 2 heteroatoms. The van der Waals surface area contributed by atoms with Crippen LogP contribution in [0.2, 0.25) is 0 Å². The Kier molecular flexibility index (Phi) is 4.10. The fraction of sp³-hybridized carbons (Fsp3) is 0.174. The largest absolute Gasteiger partial charge is 0.257 e. The molecule has 0 bridgehead atoms. The van der Waals surface area contributed by atoms with Gasteiger partial charge in [-0.15, -0.1) is 0 Å². The first kappa shape index (κ1) is 15.6. The van der Waals surface area contributed by atoms with E-state index in [1.807, 2.05) is 0 Å². The van der Waals surface area contributed by atoms with Gasteiger partial charge in [-0.05, 0) is 48.2 Å². The predicted octanol–water partition coefficient (Wildman–Crippen LogP) is 5.66. The van der Waals surface area contributed by atoms with Crippen LogP contribution in [0.4, 0.5) is 5.69 Å². The lowest BCUT2D eigenvalue weighted by Crippen LogP contribution is -2.18. The number of anilines is 1. The second-order valence-corrected chi connectivity index (χ2v) is 6.73. The van der Waals surface area contributed by atoms with E-state index >= 15 is 0 Å². The number of hydrazone groups is 1. The molecule has 0 amide bonds. The van der Waals surface area contributed by atoms with E-state index in [-0.39, 0.29) is 6.04 Å². The van der Waals surface area contributed by atoms with Gasteiger partial charge in [-0.3, -0.25) is 5.01 Å². The molecule has 2 nitrogen and oxygen atoms in total. The van der Waals surface area contributed by atoms with E-state index in [4.69, 9.17) is 5.10 Å². The summed E-state index contributed by atoms with van der Waals surface area (Å²) >= 11 is 0. The first-order valence-corrected chi connectivity index (χ1v) is 8.76. The SMILES string of the molecule is Cc1cc(C)cc(N2N=C(c3ccccc3)C[C@@H]2c2ccccc2)c1. The van der Waals surface area contributed by atoms with E-state index in [1.54, 1.807) is 0 Å². The number of benzene rings is 3. The minimum atomic E-state index is 0.234. The molecular formula is C23H22N2. The van der Waals surface area contributed by atoms with Crippen molar-refractivity contribution in [3.8, 4) is 0 Å². The number of aryl methyl sites for hydroxylation is 2. The Hall–Kier alpha value is -2.87. The van der Waals surface area contributed by atoms with Crippen molar-refractivity contribution in [3.05, 3.63) is 101 Å². The predicted molar refractivity (Wildman–Crippen MR) is 105 cm³/mol. The summed E-state index contributed by atoms with van der Waals surface area (Å²) in [6.45, 7) is 4.29. The minimum absolute atomic E-state index is 0.234. The topological polar surface area (TPSA) is 15.6 Å². The molecule has 3 aromatic carbocycles. The molecule has 0 spiro atoms. The lowest BCUT2D eigenvalue weighted by Gasteiger charge is -2.24. The van der Waals surface area contributed by atoms with Crippen LogP contribution in [0.15, 0.2) is 84.0 Å². The van der Waals surface area contributed by atoms with Crippen molar-refractivity contribution >= 4 is 11.4 Å². The van der Waals surface area contributed by atoms with Crippen LogP contribution in [-0.4, -0.2) is 5.71 Å². The van der Waals surface area contributed by atoms with Gasteiger partial charge < -0.3 is 0 Å². The van der Waals surface area contributed by atoms with Crippen LogP contribution in [0.1, 0.15) is 34.7 Å². The molecule has 0 unspecified atom stereocenters. The maximum absolute atomic E-state index is 5.02. The van der Waals surface area contributed by atoms with Crippen LogP contribution in [0.3, 0.4) is 0 Å². The zero-order valence-electron chi connectivity index (χ0n) is 14.7. The van der Waals surface area contributed by atoms with Gasteiger partial charge in [0.15, 0.2) is 0 Å². The van der Waals surface area contributed by atoms with E-state index in [2.05, 4.69) is 97.7 Å². The molecule has 124 valence electrons. The third-order valence-electron chi connectivity index (χ3n) is 4.67. The Labute approximate surface area is 149 Å². The van der Waals surface area contributed by atoms with Crippen LogP contribution in [0.25, 0.3) is 0 Å². The van der Waals surface area contributed by atoms with Crippen molar-refractivity contribution in [2.45, 2.75) is 26.3 Å². The summed E-state index contributed by atoms with van der Waals surface area (Å²) in [5.41, 5.74) is 7.35. The molecule has 4 rings (SSSR count). The molecule has 1 heterocycles. The Bertz CT molecular complexity index is 878. The summed E-state index contributed by atoms with van der Waals surface area (Å²) in [4.78, 5) is 0. The molecule has 1 aliphatic heterocycles. The van der Waals surface area contributed by atoms with Crippen molar-refractivity contribution in [2.75, 3.05) is 5.01 Å². The Morgan fingerprint density at radius 3 is 2.04 bits per heavy atom. The molecule has 3 aromatic rings. The normalized spacial score (nSPS) is 16.8. The van der Waals surface area contributed by atoms with Gasteiger partial charge in [0.05, 0.1) is 17.4 Å². The van der Waals surface area contributed by atoms with Crippen LogP contribution >= 0.6 is 0 Å². The smallest absolute Gasteiger partial charge is 0.0831 e. The van der Waals surface area contributed by atoms with Gasteiger partial charge in [0.25, 0.3) is 0 Å². The van der Waals surface area contributed by atoms with Gasteiger partial charge in [0.1, 0.15) is 0 Å². The van der Waals surface area contributed by atoms with Crippen LogP contribution in [0.5, 0.6) is 0 Å². The third kappa shape index (κ3) is 3.20. The number of nitrogens with zero attached hydrogens (tertiary/aromatic N) is 2. The van der Waals surface area contributed by atoms with Gasteiger partial charge in [-0.1, -0.05) is 66.7 Å². The summed E-state index contributed by atoms with van der Waals surface area (Å²) in [6, 6.07) is 28.1. The molecule has 0 fully saturated rings. The second kappa shape index (κ2) is 6.56. The zero-order valence-corrected chi connectivity index (χ0v) is 14.7. The standard InChI is InChI=1S/C23H22N2/c1-17-13-18(2)15-21(14-17)25-23(20-11-7-4-8-12-20)16-22(24-25)19-9-5-3-6-10-19/h3-15,23H,16H2,1-2H3/t23-/m1/s1. The summed E-state index contributed by atoms with van der Waals surface area (Å²) in [5, 5.41) is 7.21. The van der Waals surface area contributed by atoms with Gasteiger partial charge in [-0.2, -0.15) is 5.10 Å². The molecule has 0 saturated carbocycles. The quantitative estimate of drug-likeness (QED) is 0.606. The molecule has 0 radical (unpaired) electrons. The maximum Gasteiger partial charge on any atom is 0.0831 e. The minimum Gasteiger partial charge on any atom is -0.257 e. The van der Waals surface area contributed by atoms with Crippen LogP contribution in [0, 0.1) is 13.8 Å². The van der Waals surface area contributed by atoms with Crippen molar-refractivity contribution in [1.82, 2.24) is 0 Å². The molecule has 1 atom stereocenters. The average Bonchev–Trinajstić information content (AvgIpc) is 3.08. The zero-order chi connectivity index (χ0) is 17.2. The lowest BCUT2D eigenvalue weighted by molar-refractivity contribution is 0.708. The van der Waals surface area contributed by atoms with Crippen LogP contribution < -0.4 is 5.01 Å². The maximum atomic E-state index is 5.02. The fourth-order valence-corrected chi connectivity index (χ4v) is 3.57. The fourth-order valence-electron chi connectivity index (χ4n) is 3.57. The monoisotopic (exact) mass is 326 g/mol. The van der Waals surface area contributed by atoms with Crippen molar-refractivity contribution in [2.24, 2.45) is 5.10 Å². The summed E-state index contributed by atoms with van der Waals surface area (Å²) in [5.74, 6) is 0. The number of hydrogen-bond acceptors (Lipinski definition) is 2. The summed E-state index contributed by atoms with van der Waals surface area (Å²) in [6.07, 6.45) is 0.918. The molecular weight excluding hydrogens is 304 g/mol. The van der Waals surface area contributed by atoms with Gasteiger partial charge in [-0.25, -0.2) is 0 Å². The van der Waals surface area contributed by atoms with Gasteiger partial charge in [0, 0.05) is 6.42 Å². The molecule has 25 heavy (non-hydrogen) atoms. The summed E-state index contributed by atoms with van der Waals surface area (Å²) < 4.78 is 0.